The van der Waals surface area contributed by atoms with Crippen LogP contribution in [0.2, 0.25) is 0 Å². The fraction of sp³-hybridized carbons (Fsp3) is 0.351. The summed E-state index contributed by atoms with van der Waals surface area (Å²) in [5.74, 6) is 1.40. The number of hydrogen-bond acceptors (Lipinski definition) is 9. The Bertz CT molecular complexity index is 1930. The van der Waals surface area contributed by atoms with Gasteiger partial charge in [0.25, 0.3) is 0 Å². The highest BCUT2D eigenvalue weighted by molar-refractivity contribution is 6.04. The van der Waals surface area contributed by atoms with E-state index in [0.717, 1.165) is 33.7 Å². The molecule has 1 saturated carbocycles. The summed E-state index contributed by atoms with van der Waals surface area (Å²) in [5, 5.41) is 14.4. The van der Waals surface area contributed by atoms with E-state index in [0.29, 0.717) is 61.6 Å². The minimum absolute atomic E-state index is 0.0676. The van der Waals surface area contributed by atoms with Crippen LogP contribution in [0.15, 0.2) is 69.5 Å². The number of phenolic OH excluding ortho intramolecular Hbond substituents is 1. The zero-order valence-electron chi connectivity index (χ0n) is 26.2. The summed E-state index contributed by atoms with van der Waals surface area (Å²) in [6, 6.07) is 12.5. The van der Waals surface area contributed by atoms with Crippen LogP contribution < -0.4 is 15.6 Å². The minimum Gasteiger partial charge on any atom is -0.507 e. The van der Waals surface area contributed by atoms with Gasteiger partial charge < -0.3 is 24.5 Å². The number of phenols is 1. The lowest BCUT2D eigenvalue weighted by Crippen LogP contribution is -2.36. The molecule has 9 heteroatoms. The van der Waals surface area contributed by atoms with E-state index in [1.165, 1.54) is 31.7 Å². The van der Waals surface area contributed by atoms with Crippen molar-refractivity contribution in [3.8, 4) is 16.9 Å². The van der Waals surface area contributed by atoms with Crippen LogP contribution >= 0.6 is 0 Å². The molecular weight excluding hydrogens is 580 g/mol. The molecule has 2 N–H and O–H groups in total. The molecule has 0 bridgehead atoms. The van der Waals surface area contributed by atoms with Crippen LogP contribution in [0, 0.1) is 11.8 Å². The van der Waals surface area contributed by atoms with Gasteiger partial charge in [-0.25, -0.2) is 9.97 Å². The van der Waals surface area contributed by atoms with Gasteiger partial charge >= 0.3 is 0 Å². The minimum atomic E-state index is -0.288. The van der Waals surface area contributed by atoms with Gasteiger partial charge in [0.05, 0.1) is 18.9 Å². The Hall–Kier alpha value is -4.76. The maximum atomic E-state index is 13.0. The lowest BCUT2D eigenvalue weighted by molar-refractivity contribution is -0.118. The molecule has 7 rings (SSSR count). The van der Waals surface area contributed by atoms with Gasteiger partial charge in [-0.15, -0.1) is 0 Å². The molecular formula is C37H38N4O5. The lowest BCUT2D eigenvalue weighted by Gasteiger charge is -2.27. The van der Waals surface area contributed by atoms with Gasteiger partial charge in [0, 0.05) is 54.5 Å². The van der Waals surface area contributed by atoms with Gasteiger partial charge in [-0.1, -0.05) is 44.9 Å². The van der Waals surface area contributed by atoms with Gasteiger partial charge in [-0.2, -0.15) is 0 Å². The number of nitrogens with zero attached hydrogens (tertiary/aromatic N) is 3. The number of morpholine rings is 1. The maximum Gasteiger partial charge on any atom is 0.227 e. The van der Waals surface area contributed by atoms with Crippen molar-refractivity contribution >= 4 is 45.9 Å². The molecule has 0 radical (unpaired) electrons. The molecule has 4 aromatic rings. The molecule has 0 unspecified atom stereocenters. The van der Waals surface area contributed by atoms with E-state index in [4.69, 9.17) is 14.1 Å². The largest absolute Gasteiger partial charge is 0.507 e. The number of nitrogens with one attached hydrogen (secondary N) is 1. The van der Waals surface area contributed by atoms with E-state index in [1.807, 2.05) is 49.1 Å². The first-order valence-electron chi connectivity index (χ1n) is 16.2. The van der Waals surface area contributed by atoms with Crippen LogP contribution in [-0.4, -0.2) is 47.2 Å². The summed E-state index contributed by atoms with van der Waals surface area (Å²) in [6.45, 7) is 6.26. The van der Waals surface area contributed by atoms with E-state index in [-0.39, 0.29) is 28.3 Å². The monoisotopic (exact) mass is 618 g/mol. The van der Waals surface area contributed by atoms with Gasteiger partial charge in [0.1, 0.15) is 16.7 Å². The number of ether oxygens (including phenoxy) is 1. The summed E-state index contributed by atoms with van der Waals surface area (Å²) in [6.07, 6.45) is 11.5. The van der Waals surface area contributed by atoms with Gasteiger partial charge in [0.2, 0.25) is 5.95 Å². The molecule has 236 valence electrons. The Labute approximate surface area is 267 Å². The SMILES string of the molecule is CC(C)C(=O)C1=Cc2cnc(Nc3cccc(-c4cc(O)c5c(=O)cc(N6CCOCC6)oc5c4)c3)nc2/C(=C\C2CCCC2)C1. The molecule has 46 heavy (non-hydrogen) atoms. The molecule has 1 saturated heterocycles. The molecule has 3 heterocycles. The summed E-state index contributed by atoms with van der Waals surface area (Å²) in [5.41, 5.74) is 5.97. The Kier molecular flexibility index (Phi) is 8.17. The van der Waals surface area contributed by atoms with Crippen molar-refractivity contribution in [1.82, 2.24) is 9.97 Å². The Morgan fingerprint density at radius 2 is 1.89 bits per heavy atom. The van der Waals surface area contributed by atoms with Crippen LogP contribution in [0.1, 0.15) is 57.2 Å². The number of allylic oxidation sites excluding steroid dienone is 3. The number of Topliss-reactive ketones (excluding diaryl/α,β-unsaturated/α-hetero) is 1. The number of hydrogen-bond donors (Lipinski definition) is 2. The van der Waals surface area contributed by atoms with Crippen molar-refractivity contribution in [3.05, 3.63) is 81.8 Å². The van der Waals surface area contributed by atoms with Crippen molar-refractivity contribution in [2.24, 2.45) is 11.8 Å². The van der Waals surface area contributed by atoms with Crippen molar-refractivity contribution in [2.45, 2.75) is 46.0 Å². The molecule has 2 fully saturated rings. The lowest BCUT2D eigenvalue weighted by atomic mass is 9.85. The number of aromatic hydroxyl groups is 1. The van der Waals surface area contributed by atoms with Crippen molar-refractivity contribution in [2.75, 3.05) is 36.5 Å². The second-order valence-corrected chi connectivity index (χ2v) is 12.7. The van der Waals surface area contributed by atoms with Crippen molar-refractivity contribution in [1.29, 1.82) is 0 Å². The zero-order valence-corrected chi connectivity index (χ0v) is 26.2. The molecule has 0 amide bonds. The molecule has 1 aliphatic heterocycles. The number of rotatable bonds is 7. The fourth-order valence-corrected chi connectivity index (χ4v) is 6.68. The number of anilines is 3. The second-order valence-electron chi connectivity index (χ2n) is 12.7. The number of carbonyl (C=O) groups is 1. The van der Waals surface area contributed by atoms with Crippen molar-refractivity contribution < 1.29 is 19.1 Å². The number of carbonyl (C=O) groups excluding carboxylic acids is 1. The first-order chi connectivity index (χ1) is 22.3. The quantitative estimate of drug-likeness (QED) is 0.223. The maximum absolute atomic E-state index is 13.0. The third-order valence-corrected chi connectivity index (χ3v) is 9.08. The van der Waals surface area contributed by atoms with Gasteiger partial charge in [-0.05, 0) is 65.8 Å². The number of benzene rings is 2. The average molecular weight is 619 g/mol. The van der Waals surface area contributed by atoms with Crippen LogP contribution in [0.25, 0.3) is 33.7 Å². The highest BCUT2D eigenvalue weighted by atomic mass is 16.5. The second kappa shape index (κ2) is 12.6. The molecule has 0 spiro atoms. The van der Waals surface area contributed by atoms with E-state index in [2.05, 4.69) is 16.4 Å². The first kappa shape index (κ1) is 29.9. The Morgan fingerprint density at radius 1 is 1.09 bits per heavy atom. The number of ketones is 1. The third-order valence-electron chi connectivity index (χ3n) is 9.08. The summed E-state index contributed by atoms with van der Waals surface area (Å²) in [4.78, 5) is 37.4. The topological polar surface area (TPSA) is 118 Å². The summed E-state index contributed by atoms with van der Waals surface area (Å²) >= 11 is 0. The Balaban J connectivity index is 1.20. The predicted octanol–water partition coefficient (Wildman–Crippen LogP) is 7.12. The summed E-state index contributed by atoms with van der Waals surface area (Å²) < 4.78 is 11.6. The van der Waals surface area contributed by atoms with E-state index < -0.39 is 0 Å². The van der Waals surface area contributed by atoms with Crippen LogP contribution in [-0.2, 0) is 9.53 Å². The Morgan fingerprint density at radius 3 is 2.67 bits per heavy atom. The molecule has 2 aromatic carbocycles. The molecule has 0 atom stereocenters. The molecule has 2 aromatic heterocycles. The van der Waals surface area contributed by atoms with E-state index in [9.17, 15) is 14.7 Å². The predicted molar refractivity (Wildman–Crippen MR) is 180 cm³/mol. The van der Waals surface area contributed by atoms with E-state index >= 15 is 0 Å². The third kappa shape index (κ3) is 6.07. The van der Waals surface area contributed by atoms with E-state index in [1.54, 1.807) is 18.3 Å². The normalized spacial score (nSPS) is 17.8. The fourth-order valence-electron chi connectivity index (χ4n) is 6.68. The first-order valence-corrected chi connectivity index (χ1v) is 16.2. The number of aromatic nitrogens is 2. The average Bonchev–Trinajstić information content (AvgIpc) is 3.58. The van der Waals surface area contributed by atoms with Gasteiger partial charge in [-0.3, -0.25) is 9.59 Å². The highest BCUT2D eigenvalue weighted by Gasteiger charge is 2.25. The smallest absolute Gasteiger partial charge is 0.227 e. The zero-order chi connectivity index (χ0) is 31.8. The molecule has 3 aliphatic rings. The van der Waals surface area contributed by atoms with Crippen LogP contribution in [0.5, 0.6) is 5.75 Å². The standard InChI is InChI=1S/C37H38N4O5/c1-22(2)36(44)27-15-26(14-23-6-3-4-7-23)35-28(16-27)21-38-37(40-35)39-29-9-5-8-24(17-29)25-18-30(42)34-31(43)20-33(46-32(34)19-25)41-10-12-45-13-11-41/h5,8-9,14,16-23,42H,3-4,6-7,10-13,15H2,1-2H3,(H,38,39,40)/b26-14-. The molecule has 2 aliphatic carbocycles. The van der Waals surface area contributed by atoms with Crippen LogP contribution in [0.3, 0.4) is 0 Å². The number of fused-ring (bicyclic) bond motifs is 2. The van der Waals surface area contributed by atoms with Crippen LogP contribution in [0.4, 0.5) is 17.5 Å². The van der Waals surface area contributed by atoms with Crippen molar-refractivity contribution in [3.63, 3.8) is 0 Å². The van der Waals surface area contributed by atoms with Gasteiger partial charge in [0.15, 0.2) is 17.1 Å². The highest BCUT2D eigenvalue weighted by Crippen LogP contribution is 2.38. The molecule has 9 nitrogen and oxygen atoms in total. The summed E-state index contributed by atoms with van der Waals surface area (Å²) in [7, 11) is 0.